The Morgan fingerprint density at radius 1 is 1.10 bits per heavy atom. The van der Waals surface area contributed by atoms with Crippen LogP contribution >= 0.6 is 0 Å². The Balaban J connectivity index is 1.86. The molecule has 5 nitrogen and oxygen atoms in total. The average molecular weight is 292 g/mol. The number of carbonyl (C=O) groups is 1. The topological polar surface area (TPSA) is 42.0 Å². The molecule has 1 aromatic carbocycles. The Morgan fingerprint density at radius 3 is 2.52 bits per heavy atom. The second kappa shape index (κ2) is 8.00. The van der Waals surface area contributed by atoms with Crippen LogP contribution in [0.4, 0.5) is 0 Å². The van der Waals surface area contributed by atoms with Crippen LogP contribution in [0, 0.1) is 0 Å². The number of hydrogen-bond acceptors (Lipinski definition) is 4. The Morgan fingerprint density at radius 2 is 1.86 bits per heavy atom. The van der Waals surface area contributed by atoms with Crippen molar-refractivity contribution in [3.8, 4) is 5.75 Å². The summed E-state index contributed by atoms with van der Waals surface area (Å²) in [6.07, 6.45) is 1.01. The fourth-order valence-corrected chi connectivity index (χ4v) is 2.58. The number of methoxy groups -OCH3 is 2. The van der Waals surface area contributed by atoms with Crippen LogP contribution < -0.4 is 4.74 Å². The molecule has 0 unspecified atom stereocenters. The van der Waals surface area contributed by atoms with Crippen LogP contribution in [-0.2, 0) is 16.1 Å². The van der Waals surface area contributed by atoms with Gasteiger partial charge in [0.15, 0.2) is 0 Å². The van der Waals surface area contributed by atoms with E-state index in [1.54, 1.807) is 14.2 Å². The molecule has 0 aromatic heterocycles. The molecule has 1 aliphatic heterocycles. The molecule has 1 fully saturated rings. The van der Waals surface area contributed by atoms with E-state index >= 15 is 0 Å². The smallest absolute Gasteiger partial charge is 0.248 e. The third-order valence-corrected chi connectivity index (χ3v) is 3.77. The lowest BCUT2D eigenvalue weighted by atomic mass is 10.2. The SMILES string of the molecule is COCC(=O)N1CCCN(Cc2ccc(OC)cc2)CC1. The van der Waals surface area contributed by atoms with E-state index < -0.39 is 0 Å². The maximum atomic E-state index is 11.9. The van der Waals surface area contributed by atoms with Gasteiger partial charge in [0.2, 0.25) is 5.91 Å². The first kappa shape index (κ1) is 15.8. The van der Waals surface area contributed by atoms with Gasteiger partial charge in [0.1, 0.15) is 12.4 Å². The van der Waals surface area contributed by atoms with Gasteiger partial charge in [0.05, 0.1) is 7.11 Å². The van der Waals surface area contributed by atoms with Crippen molar-refractivity contribution < 1.29 is 14.3 Å². The minimum atomic E-state index is 0.0868. The zero-order valence-electron chi connectivity index (χ0n) is 12.9. The average Bonchev–Trinajstić information content (AvgIpc) is 2.74. The zero-order chi connectivity index (χ0) is 15.1. The number of ether oxygens (including phenoxy) is 2. The summed E-state index contributed by atoms with van der Waals surface area (Å²) in [7, 11) is 3.24. The number of nitrogens with zero attached hydrogens (tertiary/aromatic N) is 2. The molecule has 0 spiro atoms. The van der Waals surface area contributed by atoms with Crippen LogP contribution in [0.15, 0.2) is 24.3 Å². The Labute approximate surface area is 126 Å². The molecule has 2 rings (SSSR count). The van der Waals surface area contributed by atoms with Gasteiger partial charge >= 0.3 is 0 Å². The first-order chi connectivity index (χ1) is 10.2. The molecule has 0 saturated carbocycles. The summed E-state index contributed by atoms with van der Waals surface area (Å²) >= 11 is 0. The van der Waals surface area contributed by atoms with Gasteiger partial charge in [-0.1, -0.05) is 12.1 Å². The summed E-state index contributed by atoms with van der Waals surface area (Å²) < 4.78 is 10.1. The first-order valence-corrected chi connectivity index (χ1v) is 7.35. The third kappa shape index (κ3) is 4.72. The van der Waals surface area contributed by atoms with E-state index in [9.17, 15) is 4.79 Å². The molecule has 1 aliphatic rings. The predicted octanol–water partition coefficient (Wildman–Crippen LogP) is 1.38. The normalized spacial score (nSPS) is 16.6. The van der Waals surface area contributed by atoms with E-state index in [0.29, 0.717) is 0 Å². The molecule has 1 heterocycles. The van der Waals surface area contributed by atoms with Crippen LogP contribution in [0.25, 0.3) is 0 Å². The van der Waals surface area contributed by atoms with Crippen molar-refractivity contribution >= 4 is 5.91 Å². The van der Waals surface area contributed by atoms with Gasteiger partial charge in [-0.2, -0.15) is 0 Å². The minimum absolute atomic E-state index is 0.0868. The van der Waals surface area contributed by atoms with Crippen molar-refractivity contribution in [2.24, 2.45) is 0 Å². The molecule has 1 amide bonds. The highest BCUT2D eigenvalue weighted by Gasteiger charge is 2.18. The van der Waals surface area contributed by atoms with Gasteiger partial charge in [-0.3, -0.25) is 9.69 Å². The van der Waals surface area contributed by atoms with Gasteiger partial charge in [-0.15, -0.1) is 0 Å². The van der Waals surface area contributed by atoms with Crippen molar-refractivity contribution in [2.45, 2.75) is 13.0 Å². The van der Waals surface area contributed by atoms with Crippen molar-refractivity contribution in [2.75, 3.05) is 47.0 Å². The van der Waals surface area contributed by atoms with E-state index in [4.69, 9.17) is 9.47 Å². The fourth-order valence-electron chi connectivity index (χ4n) is 2.58. The minimum Gasteiger partial charge on any atom is -0.497 e. The van der Waals surface area contributed by atoms with E-state index in [2.05, 4.69) is 17.0 Å². The van der Waals surface area contributed by atoms with Crippen LogP contribution in [0.3, 0.4) is 0 Å². The Kier molecular flexibility index (Phi) is 6.02. The second-order valence-electron chi connectivity index (χ2n) is 5.29. The first-order valence-electron chi connectivity index (χ1n) is 7.35. The molecule has 0 bridgehead atoms. The molecular formula is C16H24N2O3. The van der Waals surface area contributed by atoms with Crippen molar-refractivity contribution in [1.82, 2.24) is 9.80 Å². The van der Waals surface area contributed by atoms with Gasteiger partial charge in [-0.25, -0.2) is 0 Å². The third-order valence-electron chi connectivity index (χ3n) is 3.77. The lowest BCUT2D eigenvalue weighted by Gasteiger charge is -2.22. The monoisotopic (exact) mass is 292 g/mol. The predicted molar refractivity (Wildman–Crippen MR) is 81.3 cm³/mol. The summed E-state index contributed by atoms with van der Waals surface area (Å²) in [5.74, 6) is 0.967. The largest absolute Gasteiger partial charge is 0.497 e. The highest BCUT2D eigenvalue weighted by molar-refractivity contribution is 5.77. The number of rotatable bonds is 5. The van der Waals surface area contributed by atoms with Gasteiger partial charge in [-0.05, 0) is 24.1 Å². The van der Waals surface area contributed by atoms with Gasteiger partial charge in [0, 0.05) is 39.8 Å². The van der Waals surface area contributed by atoms with Crippen molar-refractivity contribution in [3.63, 3.8) is 0 Å². The molecule has 21 heavy (non-hydrogen) atoms. The number of carbonyl (C=O) groups excluding carboxylic acids is 1. The molecule has 1 aromatic rings. The van der Waals surface area contributed by atoms with Crippen LogP contribution in [0.5, 0.6) is 5.75 Å². The Bertz CT molecular complexity index is 447. The highest BCUT2D eigenvalue weighted by atomic mass is 16.5. The fraction of sp³-hybridized carbons (Fsp3) is 0.562. The van der Waals surface area contributed by atoms with Crippen LogP contribution in [0.1, 0.15) is 12.0 Å². The highest BCUT2D eigenvalue weighted by Crippen LogP contribution is 2.14. The molecule has 0 N–H and O–H groups in total. The standard InChI is InChI=1S/C16H24N2O3/c1-20-13-16(19)18-9-3-8-17(10-11-18)12-14-4-6-15(21-2)7-5-14/h4-7H,3,8-13H2,1-2H3. The lowest BCUT2D eigenvalue weighted by Crippen LogP contribution is -2.37. The quantitative estimate of drug-likeness (QED) is 0.822. The molecule has 116 valence electrons. The molecule has 0 atom stereocenters. The Hall–Kier alpha value is -1.59. The van der Waals surface area contributed by atoms with Gasteiger partial charge in [0.25, 0.3) is 0 Å². The summed E-state index contributed by atoms with van der Waals surface area (Å²) in [6, 6.07) is 8.16. The van der Waals surface area contributed by atoms with Gasteiger partial charge < -0.3 is 14.4 Å². The van der Waals surface area contributed by atoms with Crippen molar-refractivity contribution in [3.05, 3.63) is 29.8 Å². The van der Waals surface area contributed by atoms with E-state index in [1.807, 2.05) is 17.0 Å². The number of benzene rings is 1. The summed E-state index contributed by atoms with van der Waals surface area (Å²) in [5, 5.41) is 0. The van der Waals surface area contributed by atoms with E-state index in [1.165, 1.54) is 5.56 Å². The van der Waals surface area contributed by atoms with E-state index in [0.717, 1.165) is 44.9 Å². The molecular weight excluding hydrogens is 268 g/mol. The summed E-state index contributed by atoms with van der Waals surface area (Å²) in [6.45, 7) is 4.61. The summed E-state index contributed by atoms with van der Waals surface area (Å²) in [5.41, 5.74) is 1.27. The number of hydrogen-bond donors (Lipinski definition) is 0. The molecule has 1 saturated heterocycles. The summed E-state index contributed by atoms with van der Waals surface area (Å²) in [4.78, 5) is 16.1. The van der Waals surface area contributed by atoms with Crippen LogP contribution in [-0.4, -0.2) is 62.7 Å². The lowest BCUT2D eigenvalue weighted by molar-refractivity contribution is -0.135. The number of amides is 1. The van der Waals surface area contributed by atoms with Crippen molar-refractivity contribution in [1.29, 1.82) is 0 Å². The molecule has 0 radical (unpaired) electrons. The molecule has 5 heteroatoms. The second-order valence-corrected chi connectivity index (χ2v) is 5.29. The van der Waals surface area contributed by atoms with Crippen LogP contribution in [0.2, 0.25) is 0 Å². The zero-order valence-corrected chi connectivity index (χ0v) is 12.9. The maximum absolute atomic E-state index is 11.9. The molecule has 0 aliphatic carbocycles. The van der Waals surface area contributed by atoms with E-state index in [-0.39, 0.29) is 12.5 Å². The maximum Gasteiger partial charge on any atom is 0.248 e.